The molecule has 7 heteroatoms. The molecule has 0 radical (unpaired) electrons. The van der Waals surface area contributed by atoms with Crippen LogP contribution >= 0.6 is 0 Å². The summed E-state index contributed by atoms with van der Waals surface area (Å²) in [4.78, 5) is 16.8. The standard InChI is InChI=1S/C24H27N5O2/c1-6-31-24(30)19-11-26-29(13-19)20-10-22(23-27-17(4)18(5)28(23)14-20)25-12-21-15(2)8-7-9-16(21)3/h7-11,13-14,25H,6,12H2,1-5H3. The van der Waals surface area contributed by atoms with Gasteiger partial charge in [0.1, 0.15) is 0 Å². The van der Waals surface area contributed by atoms with Gasteiger partial charge in [-0.25, -0.2) is 14.5 Å². The van der Waals surface area contributed by atoms with Crippen LogP contribution in [0.4, 0.5) is 5.69 Å². The summed E-state index contributed by atoms with van der Waals surface area (Å²) in [6, 6.07) is 8.34. The summed E-state index contributed by atoms with van der Waals surface area (Å²) < 4.78 is 8.83. The smallest absolute Gasteiger partial charge is 0.341 e. The van der Waals surface area contributed by atoms with E-state index in [9.17, 15) is 4.79 Å². The lowest BCUT2D eigenvalue weighted by molar-refractivity contribution is 0.0526. The van der Waals surface area contributed by atoms with Gasteiger partial charge in [-0.05, 0) is 57.4 Å². The first-order valence-electron chi connectivity index (χ1n) is 10.4. The van der Waals surface area contributed by atoms with Gasteiger partial charge in [0.15, 0.2) is 5.65 Å². The predicted molar refractivity (Wildman–Crippen MR) is 121 cm³/mol. The van der Waals surface area contributed by atoms with Crippen molar-refractivity contribution in [2.45, 2.75) is 41.2 Å². The molecule has 4 aromatic rings. The molecule has 0 saturated heterocycles. The minimum atomic E-state index is -0.377. The number of hydrogen-bond acceptors (Lipinski definition) is 5. The fourth-order valence-electron chi connectivity index (χ4n) is 3.71. The second kappa shape index (κ2) is 8.26. The third kappa shape index (κ3) is 3.91. The first kappa shape index (κ1) is 20.7. The van der Waals surface area contributed by atoms with Crippen LogP contribution in [-0.2, 0) is 11.3 Å². The van der Waals surface area contributed by atoms with Crippen LogP contribution in [0.25, 0.3) is 11.3 Å². The number of pyridine rings is 1. The van der Waals surface area contributed by atoms with Crippen LogP contribution in [0, 0.1) is 27.7 Å². The zero-order valence-electron chi connectivity index (χ0n) is 18.6. The minimum Gasteiger partial charge on any atom is -0.462 e. The number of imidazole rings is 1. The number of anilines is 1. The molecule has 0 aliphatic carbocycles. The molecule has 3 heterocycles. The maximum Gasteiger partial charge on any atom is 0.341 e. The van der Waals surface area contributed by atoms with Gasteiger partial charge in [-0.15, -0.1) is 0 Å². The number of rotatable bonds is 6. The monoisotopic (exact) mass is 417 g/mol. The van der Waals surface area contributed by atoms with Crippen molar-refractivity contribution in [3.05, 3.63) is 76.5 Å². The Balaban J connectivity index is 1.75. The molecule has 0 unspecified atom stereocenters. The zero-order chi connectivity index (χ0) is 22.1. The summed E-state index contributed by atoms with van der Waals surface area (Å²) in [7, 11) is 0. The van der Waals surface area contributed by atoms with Gasteiger partial charge in [0.05, 0.1) is 35.4 Å². The molecular formula is C24H27N5O2. The molecule has 4 rings (SSSR count). The Morgan fingerprint density at radius 2 is 1.87 bits per heavy atom. The fraction of sp³-hybridized carbons (Fsp3) is 0.292. The molecule has 0 aliphatic rings. The lowest BCUT2D eigenvalue weighted by atomic mass is 10.0. The molecule has 160 valence electrons. The summed E-state index contributed by atoms with van der Waals surface area (Å²) in [5, 5.41) is 7.95. The molecule has 31 heavy (non-hydrogen) atoms. The topological polar surface area (TPSA) is 73.4 Å². The number of nitrogens with zero attached hydrogens (tertiary/aromatic N) is 4. The Hall–Kier alpha value is -3.61. The maximum atomic E-state index is 12.0. The number of carbonyl (C=O) groups is 1. The third-order valence-corrected chi connectivity index (χ3v) is 5.64. The van der Waals surface area contributed by atoms with E-state index < -0.39 is 0 Å². The summed E-state index contributed by atoms with van der Waals surface area (Å²) in [6.07, 6.45) is 5.20. The van der Waals surface area contributed by atoms with E-state index in [1.54, 1.807) is 17.8 Å². The van der Waals surface area contributed by atoms with Crippen molar-refractivity contribution in [1.82, 2.24) is 19.2 Å². The van der Waals surface area contributed by atoms with Gasteiger partial charge in [-0.1, -0.05) is 18.2 Å². The van der Waals surface area contributed by atoms with Crippen LogP contribution in [0.15, 0.2) is 42.9 Å². The number of aromatic nitrogens is 4. The molecule has 1 N–H and O–H groups in total. The van der Waals surface area contributed by atoms with Crippen LogP contribution in [-0.4, -0.2) is 31.7 Å². The summed E-state index contributed by atoms with van der Waals surface area (Å²) in [5.41, 5.74) is 8.83. The van der Waals surface area contributed by atoms with E-state index >= 15 is 0 Å². The molecule has 3 aromatic heterocycles. The van der Waals surface area contributed by atoms with Crippen molar-refractivity contribution < 1.29 is 9.53 Å². The molecule has 0 saturated carbocycles. The van der Waals surface area contributed by atoms with Crippen LogP contribution in [0.5, 0.6) is 0 Å². The number of esters is 1. The van der Waals surface area contributed by atoms with Gasteiger partial charge < -0.3 is 14.5 Å². The van der Waals surface area contributed by atoms with Crippen molar-refractivity contribution in [3.8, 4) is 5.69 Å². The molecule has 1 aromatic carbocycles. The van der Waals surface area contributed by atoms with E-state index in [1.165, 1.54) is 22.9 Å². The lowest BCUT2D eigenvalue weighted by Crippen LogP contribution is -2.07. The number of nitrogens with one attached hydrogen (secondary N) is 1. The molecular weight excluding hydrogens is 390 g/mol. The fourth-order valence-corrected chi connectivity index (χ4v) is 3.71. The molecule has 0 spiro atoms. The quantitative estimate of drug-likeness (QED) is 0.466. The molecule has 0 amide bonds. The van der Waals surface area contributed by atoms with Gasteiger partial charge in [-0.3, -0.25) is 0 Å². The molecule has 0 aliphatic heterocycles. The van der Waals surface area contributed by atoms with Gasteiger partial charge in [0.25, 0.3) is 0 Å². The largest absolute Gasteiger partial charge is 0.462 e. The van der Waals surface area contributed by atoms with Crippen LogP contribution in [0.1, 0.15) is 45.4 Å². The normalized spacial score (nSPS) is 11.1. The van der Waals surface area contributed by atoms with Crippen molar-refractivity contribution in [3.63, 3.8) is 0 Å². The number of hydrogen-bond donors (Lipinski definition) is 1. The van der Waals surface area contributed by atoms with Crippen LogP contribution < -0.4 is 5.32 Å². The predicted octanol–water partition coefficient (Wildman–Crippen LogP) is 4.54. The molecule has 0 bridgehead atoms. The highest BCUT2D eigenvalue weighted by Crippen LogP contribution is 2.25. The van der Waals surface area contributed by atoms with Crippen LogP contribution in [0.2, 0.25) is 0 Å². The maximum absolute atomic E-state index is 12.0. The highest BCUT2D eigenvalue weighted by Gasteiger charge is 2.15. The summed E-state index contributed by atoms with van der Waals surface area (Å²) >= 11 is 0. The summed E-state index contributed by atoms with van der Waals surface area (Å²) in [5.74, 6) is -0.377. The summed E-state index contributed by atoms with van der Waals surface area (Å²) in [6.45, 7) is 11.1. The Kier molecular flexibility index (Phi) is 5.50. The number of fused-ring (bicyclic) bond motifs is 1. The first-order valence-corrected chi connectivity index (χ1v) is 10.4. The number of ether oxygens (including phenoxy) is 1. The van der Waals surface area contributed by atoms with Crippen molar-refractivity contribution >= 4 is 17.3 Å². The van der Waals surface area contributed by atoms with Crippen molar-refractivity contribution in [2.75, 3.05) is 11.9 Å². The van der Waals surface area contributed by atoms with Gasteiger partial charge in [-0.2, -0.15) is 5.10 Å². The van der Waals surface area contributed by atoms with E-state index in [1.807, 2.05) is 26.1 Å². The van der Waals surface area contributed by atoms with Gasteiger partial charge in [0.2, 0.25) is 0 Å². The highest BCUT2D eigenvalue weighted by atomic mass is 16.5. The van der Waals surface area contributed by atoms with E-state index in [0.29, 0.717) is 18.7 Å². The van der Waals surface area contributed by atoms with Crippen LogP contribution in [0.3, 0.4) is 0 Å². The van der Waals surface area contributed by atoms with E-state index in [2.05, 4.69) is 46.9 Å². The van der Waals surface area contributed by atoms with E-state index in [-0.39, 0.29) is 5.97 Å². The van der Waals surface area contributed by atoms with Crippen molar-refractivity contribution in [1.29, 1.82) is 0 Å². The average Bonchev–Trinajstić information content (AvgIpc) is 3.34. The Morgan fingerprint density at radius 3 is 2.58 bits per heavy atom. The van der Waals surface area contributed by atoms with Gasteiger partial charge >= 0.3 is 5.97 Å². The molecule has 0 atom stereocenters. The first-order chi connectivity index (χ1) is 14.9. The number of aryl methyl sites for hydroxylation is 4. The van der Waals surface area contributed by atoms with Crippen molar-refractivity contribution in [2.24, 2.45) is 0 Å². The number of carbonyl (C=O) groups excluding carboxylic acids is 1. The molecule has 7 nitrogen and oxygen atoms in total. The lowest BCUT2D eigenvalue weighted by Gasteiger charge is -2.14. The SMILES string of the molecule is CCOC(=O)c1cnn(-c2cc(NCc3c(C)cccc3C)c3nc(C)c(C)n3c2)c1. The average molecular weight is 418 g/mol. The van der Waals surface area contributed by atoms with E-state index in [0.717, 1.165) is 28.4 Å². The highest BCUT2D eigenvalue weighted by molar-refractivity contribution is 5.88. The zero-order valence-corrected chi connectivity index (χ0v) is 18.6. The Morgan fingerprint density at radius 1 is 1.13 bits per heavy atom. The minimum absolute atomic E-state index is 0.329. The number of benzene rings is 1. The van der Waals surface area contributed by atoms with Gasteiger partial charge in [0, 0.05) is 24.6 Å². The Bertz CT molecular complexity index is 1250. The second-order valence-electron chi connectivity index (χ2n) is 7.71. The second-order valence-corrected chi connectivity index (χ2v) is 7.71. The third-order valence-electron chi connectivity index (χ3n) is 5.64. The van der Waals surface area contributed by atoms with E-state index in [4.69, 9.17) is 9.72 Å². The Labute approximate surface area is 181 Å². The molecule has 0 fully saturated rings.